The highest BCUT2D eigenvalue weighted by Gasteiger charge is 2.40. The van der Waals surface area contributed by atoms with Gasteiger partial charge in [-0.1, -0.05) is 0 Å². The summed E-state index contributed by atoms with van der Waals surface area (Å²) in [6, 6.07) is 0. The number of rotatable bonds is 0. The Hall–Kier alpha value is -0.410. The minimum absolute atomic E-state index is 0.322. The average molecular weight is 130 g/mol. The summed E-state index contributed by atoms with van der Waals surface area (Å²) in [5, 5.41) is 0. The van der Waals surface area contributed by atoms with Crippen molar-refractivity contribution in [1.82, 2.24) is 0 Å². The number of hydrogen-bond acceptors (Lipinski definition) is 3. The van der Waals surface area contributed by atoms with Gasteiger partial charge in [0.15, 0.2) is 12.0 Å². The maximum absolute atomic E-state index is 11.1. The van der Waals surface area contributed by atoms with Crippen molar-refractivity contribution >= 4 is 5.78 Å². The SMILES string of the molecule is [2H]C1O[C@@]2([2H])OCC[C@H]2C1=O. The molecule has 2 heterocycles. The lowest BCUT2D eigenvalue weighted by Crippen LogP contribution is -2.13. The van der Waals surface area contributed by atoms with Crippen LogP contribution in [-0.4, -0.2) is 25.2 Å². The van der Waals surface area contributed by atoms with Gasteiger partial charge in [-0.25, -0.2) is 0 Å². The molecule has 3 nitrogen and oxygen atoms in total. The molecular weight excluding hydrogens is 120 g/mol. The number of fused-ring (bicyclic) bond motifs is 1. The van der Waals surface area contributed by atoms with Crippen LogP contribution >= 0.6 is 0 Å². The van der Waals surface area contributed by atoms with Crippen molar-refractivity contribution in [2.24, 2.45) is 5.92 Å². The van der Waals surface area contributed by atoms with E-state index in [0.717, 1.165) is 0 Å². The summed E-state index contributed by atoms with van der Waals surface area (Å²) in [7, 11) is 0. The molecule has 0 amide bonds. The monoisotopic (exact) mass is 130 g/mol. The van der Waals surface area contributed by atoms with Gasteiger partial charge in [-0.2, -0.15) is 0 Å². The van der Waals surface area contributed by atoms with Crippen molar-refractivity contribution in [2.45, 2.75) is 12.7 Å². The molecule has 0 aromatic heterocycles. The number of Topliss-reactive ketones (excluding diaryl/α,β-unsaturated/α-hetero) is 1. The van der Waals surface area contributed by atoms with Crippen molar-refractivity contribution in [1.29, 1.82) is 0 Å². The van der Waals surface area contributed by atoms with Crippen LogP contribution in [-0.2, 0) is 14.3 Å². The molecule has 3 heteroatoms. The van der Waals surface area contributed by atoms with E-state index in [9.17, 15) is 4.79 Å². The molecule has 0 aromatic rings. The molecule has 0 bridgehead atoms. The Morgan fingerprint density at radius 3 is 3.44 bits per heavy atom. The van der Waals surface area contributed by atoms with Gasteiger partial charge >= 0.3 is 0 Å². The predicted octanol–water partition coefficient (Wildman–Crippen LogP) is -0.0517. The maximum atomic E-state index is 11.1. The highest BCUT2D eigenvalue weighted by atomic mass is 16.7. The topological polar surface area (TPSA) is 35.5 Å². The Morgan fingerprint density at radius 2 is 2.67 bits per heavy atom. The molecule has 2 aliphatic rings. The van der Waals surface area contributed by atoms with Crippen LogP contribution in [0.5, 0.6) is 0 Å². The molecule has 3 atom stereocenters. The van der Waals surface area contributed by atoms with Gasteiger partial charge in [0.2, 0.25) is 0 Å². The molecule has 0 N–H and O–H groups in total. The molecule has 0 aliphatic carbocycles. The smallest absolute Gasteiger partial charge is 0.168 e. The zero-order chi connectivity index (χ0) is 8.06. The third kappa shape index (κ3) is 0.686. The van der Waals surface area contributed by atoms with Crippen molar-refractivity contribution in [3.8, 4) is 0 Å². The van der Waals surface area contributed by atoms with E-state index in [1.165, 1.54) is 0 Å². The molecule has 0 saturated carbocycles. The fraction of sp³-hybridized carbons (Fsp3) is 0.833. The second kappa shape index (κ2) is 1.78. The Morgan fingerprint density at radius 1 is 1.78 bits per heavy atom. The summed E-state index contributed by atoms with van der Waals surface area (Å²) in [5.74, 6) is -0.859. The van der Waals surface area contributed by atoms with Gasteiger partial charge < -0.3 is 9.47 Å². The van der Waals surface area contributed by atoms with E-state index >= 15 is 0 Å². The fourth-order valence-corrected chi connectivity index (χ4v) is 1.07. The van der Waals surface area contributed by atoms with Crippen molar-refractivity contribution in [3.63, 3.8) is 0 Å². The maximum Gasteiger partial charge on any atom is 0.168 e. The first-order valence-electron chi connectivity index (χ1n) is 3.99. The lowest BCUT2D eigenvalue weighted by atomic mass is 10.1. The molecule has 2 rings (SSSR count). The largest absolute Gasteiger partial charge is 0.352 e. The molecule has 50 valence electrons. The highest BCUT2D eigenvalue weighted by Crippen LogP contribution is 2.27. The molecule has 2 fully saturated rings. The minimum atomic E-state index is -1.54. The van der Waals surface area contributed by atoms with Crippen LogP contribution in [0.4, 0.5) is 0 Å². The third-order valence-corrected chi connectivity index (χ3v) is 1.57. The second-order valence-electron chi connectivity index (χ2n) is 2.15. The van der Waals surface area contributed by atoms with E-state index in [-0.39, 0.29) is 5.78 Å². The summed E-state index contributed by atoms with van der Waals surface area (Å²) < 4.78 is 24.2. The van der Waals surface area contributed by atoms with Gasteiger partial charge in [-0.05, 0) is 6.42 Å². The quantitative estimate of drug-likeness (QED) is 0.461. The van der Waals surface area contributed by atoms with E-state index in [4.69, 9.17) is 12.2 Å². The van der Waals surface area contributed by atoms with Gasteiger partial charge in [0.1, 0.15) is 6.58 Å². The first-order valence-corrected chi connectivity index (χ1v) is 2.91. The lowest BCUT2D eigenvalue weighted by Gasteiger charge is -2.02. The summed E-state index contributed by atoms with van der Waals surface area (Å²) in [5.41, 5.74) is 0. The van der Waals surface area contributed by atoms with Gasteiger partial charge in [-0.15, -0.1) is 0 Å². The summed E-state index contributed by atoms with van der Waals surface area (Å²) in [6.07, 6.45) is -1.03. The van der Waals surface area contributed by atoms with Crippen LogP contribution in [0.15, 0.2) is 0 Å². The van der Waals surface area contributed by atoms with Crippen LogP contribution in [0.2, 0.25) is 0 Å². The van der Waals surface area contributed by atoms with E-state index in [1.807, 2.05) is 0 Å². The molecular formula is C6H8O3. The summed E-state index contributed by atoms with van der Waals surface area (Å²) >= 11 is 0. The van der Waals surface area contributed by atoms with Crippen molar-refractivity contribution in [3.05, 3.63) is 0 Å². The molecule has 0 spiro atoms. The highest BCUT2D eigenvalue weighted by molar-refractivity contribution is 5.84. The van der Waals surface area contributed by atoms with Crippen LogP contribution in [0, 0.1) is 5.92 Å². The van der Waals surface area contributed by atoms with E-state index in [2.05, 4.69) is 0 Å². The van der Waals surface area contributed by atoms with Crippen LogP contribution in [0.3, 0.4) is 0 Å². The molecule has 1 unspecified atom stereocenters. The van der Waals surface area contributed by atoms with Gasteiger partial charge in [0.05, 0.1) is 15.3 Å². The molecule has 2 aliphatic heterocycles. The lowest BCUT2D eigenvalue weighted by molar-refractivity contribution is -0.120. The fourth-order valence-electron chi connectivity index (χ4n) is 1.07. The van der Waals surface area contributed by atoms with Crippen LogP contribution < -0.4 is 0 Å². The molecule has 9 heavy (non-hydrogen) atoms. The van der Waals surface area contributed by atoms with Gasteiger partial charge in [0, 0.05) is 0 Å². The number of ketones is 1. The predicted molar refractivity (Wildman–Crippen MR) is 28.8 cm³/mol. The van der Waals surface area contributed by atoms with Crippen LogP contribution in [0.1, 0.15) is 9.16 Å². The first kappa shape index (κ1) is 3.68. The normalized spacial score (nSPS) is 61.1. The molecule has 0 aromatic carbocycles. The van der Waals surface area contributed by atoms with Gasteiger partial charge in [0.25, 0.3) is 0 Å². The number of carbonyl (C=O) groups is 1. The van der Waals surface area contributed by atoms with E-state index in [0.29, 0.717) is 13.0 Å². The number of ether oxygens (including phenoxy) is 2. The third-order valence-electron chi connectivity index (χ3n) is 1.57. The molecule has 2 saturated heterocycles. The first-order chi connectivity index (χ1) is 5.13. The Balaban J connectivity index is 2.28. The summed E-state index contributed by atoms with van der Waals surface area (Å²) in [6.45, 7) is -0.829. The summed E-state index contributed by atoms with van der Waals surface area (Å²) in [4.78, 5) is 11.1. The Kier molecular flexibility index (Phi) is 0.731. The Bertz CT molecular complexity index is 208. The van der Waals surface area contributed by atoms with Crippen molar-refractivity contribution < 1.29 is 17.0 Å². The van der Waals surface area contributed by atoms with Gasteiger partial charge in [-0.3, -0.25) is 4.79 Å². The zero-order valence-corrected chi connectivity index (χ0v) is 4.79. The number of carbonyl (C=O) groups excluding carboxylic acids is 1. The van der Waals surface area contributed by atoms with Crippen LogP contribution in [0.25, 0.3) is 0 Å². The van der Waals surface area contributed by atoms with E-state index < -0.39 is 18.8 Å². The standard InChI is InChI=1S/C6H8O3/c7-5-3-9-6-4(5)1-2-8-6/h4,6H,1-3H2/t4-,6+/m0/s1/i3D,6D/t3?,4-,6+. The minimum Gasteiger partial charge on any atom is -0.352 e. The average Bonchev–Trinajstić information content (AvgIpc) is 2.36. The Labute approximate surface area is 55.8 Å². The second-order valence-corrected chi connectivity index (χ2v) is 2.15. The number of hydrogen-bond donors (Lipinski definition) is 0. The van der Waals surface area contributed by atoms with Crippen molar-refractivity contribution in [2.75, 3.05) is 13.2 Å². The van der Waals surface area contributed by atoms with E-state index in [1.54, 1.807) is 0 Å². The zero-order valence-electron chi connectivity index (χ0n) is 6.79. The molecule has 0 radical (unpaired) electrons.